The van der Waals surface area contributed by atoms with Crippen LogP contribution in [0.5, 0.6) is 5.75 Å². The molecule has 1 heterocycles. The monoisotopic (exact) mass is 495 g/mol. The second-order valence-electron chi connectivity index (χ2n) is 4.55. The number of halogens is 3. The van der Waals surface area contributed by atoms with E-state index in [1.165, 1.54) is 10.4 Å². The molecule has 6 heteroatoms. The van der Waals surface area contributed by atoms with E-state index in [1.807, 2.05) is 6.07 Å². The molecule has 0 spiro atoms. The van der Waals surface area contributed by atoms with Crippen molar-refractivity contribution in [2.75, 3.05) is 13.7 Å². The van der Waals surface area contributed by atoms with Crippen LogP contribution in [0.2, 0.25) is 0 Å². The van der Waals surface area contributed by atoms with Gasteiger partial charge in [-0.3, -0.25) is 0 Å². The van der Waals surface area contributed by atoms with E-state index in [2.05, 4.69) is 78.2 Å². The lowest BCUT2D eigenvalue weighted by Gasteiger charge is -2.18. The molecule has 1 unspecified atom stereocenters. The molecule has 0 aliphatic carbocycles. The minimum atomic E-state index is 0.180. The molecule has 0 radical (unpaired) electrons. The second kappa shape index (κ2) is 8.11. The summed E-state index contributed by atoms with van der Waals surface area (Å²) in [7, 11) is 1.68. The van der Waals surface area contributed by atoms with Crippen molar-refractivity contribution < 1.29 is 4.74 Å². The lowest BCUT2D eigenvalue weighted by molar-refractivity contribution is 0.411. The van der Waals surface area contributed by atoms with Crippen molar-refractivity contribution in [2.45, 2.75) is 19.4 Å². The number of rotatable bonds is 6. The summed E-state index contributed by atoms with van der Waals surface area (Å²) in [5.74, 6) is 0.849. The van der Waals surface area contributed by atoms with E-state index in [1.54, 1.807) is 18.4 Å². The van der Waals surface area contributed by atoms with Gasteiger partial charge in [-0.1, -0.05) is 13.0 Å². The van der Waals surface area contributed by atoms with Crippen LogP contribution in [-0.2, 0) is 0 Å². The maximum atomic E-state index is 5.31. The molecule has 1 N–H and O–H groups in total. The van der Waals surface area contributed by atoms with Crippen molar-refractivity contribution in [3.05, 3.63) is 47.4 Å². The molecule has 2 aromatic rings. The Morgan fingerprint density at radius 2 is 1.95 bits per heavy atom. The zero-order valence-corrected chi connectivity index (χ0v) is 17.3. The first-order chi connectivity index (χ1) is 10.1. The molecule has 0 amide bonds. The highest BCUT2D eigenvalue weighted by molar-refractivity contribution is 9.13. The van der Waals surface area contributed by atoms with Gasteiger partial charge in [0, 0.05) is 9.35 Å². The Bertz CT molecular complexity index is 595. The molecule has 1 aromatic heterocycles. The summed E-state index contributed by atoms with van der Waals surface area (Å²) in [5, 5.41) is 3.61. The van der Waals surface area contributed by atoms with Crippen LogP contribution in [0.25, 0.3) is 0 Å². The van der Waals surface area contributed by atoms with Gasteiger partial charge in [-0.05, 0) is 84.5 Å². The fourth-order valence-electron chi connectivity index (χ4n) is 2.04. The number of ether oxygens (including phenoxy) is 1. The molecule has 2 nitrogen and oxygen atoms in total. The zero-order valence-electron chi connectivity index (χ0n) is 11.8. The Morgan fingerprint density at radius 1 is 1.19 bits per heavy atom. The first kappa shape index (κ1) is 17.5. The van der Waals surface area contributed by atoms with Crippen molar-refractivity contribution in [3.8, 4) is 5.75 Å². The number of nitrogens with one attached hydrogen (secondary N) is 1. The molecule has 114 valence electrons. The average molecular weight is 498 g/mol. The number of thiophene rings is 1. The molecule has 0 fully saturated rings. The van der Waals surface area contributed by atoms with Gasteiger partial charge in [-0.25, -0.2) is 0 Å². The number of methoxy groups -OCH3 is 1. The molecule has 21 heavy (non-hydrogen) atoms. The third-order valence-electron chi connectivity index (χ3n) is 3.06. The van der Waals surface area contributed by atoms with E-state index in [0.29, 0.717) is 0 Å². The Kier molecular flexibility index (Phi) is 6.75. The van der Waals surface area contributed by atoms with Crippen molar-refractivity contribution in [1.29, 1.82) is 0 Å². The fourth-order valence-corrected chi connectivity index (χ4v) is 4.79. The van der Waals surface area contributed by atoms with Crippen molar-refractivity contribution in [3.63, 3.8) is 0 Å². The smallest absolute Gasteiger partial charge is 0.133 e. The molecule has 0 aliphatic heterocycles. The summed E-state index contributed by atoms with van der Waals surface area (Å²) >= 11 is 12.5. The first-order valence-electron chi connectivity index (χ1n) is 6.58. The highest BCUT2D eigenvalue weighted by Crippen LogP contribution is 2.39. The van der Waals surface area contributed by atoms with Crippen molar-refractivity contribution >= 4 is 59.1 Å². The van der Waals surface area contributed by atoms with Crippen LogP contribution in [0.1, 0.15) is 29.8 Å². The molecule has 1 aromatic carbocycles. The van der Waals surface area contributed by atoms with Crippen LogP contribution in [0.3, 0.4) is 0 Å². The molecule has 2 rings (SSSR count). The largest absolute Gasteiger partial charge is 0.496 e. The van der Waals surface area contributed by atoms with Gasteiger partial charge in [0.2, 0.25) is 0 Å². The van der Waals surface area contributed by atoms with Gasteiger partial charge < -0.3 is 10.1 Å². The molecule has 0 saturated carbocycles. The van der Waals surface area contributed by atoms with Crippen LogP contribution in [0, 0.1) is 0 Å². The van der Waals surface area contributed by atoms with Gasteiger partial charge in [-0.15, -0.1) is 11.3 Å². The highest BCUT2D eigenvalue weighted by atomic mass is 79.9. The summed E-state index contributed by atoms with van der Waals surface area (Å²) in [6.45, 7) is 3.15. The minimum absolute atomic E-state index is 0.180. The molecular formula is C15H16Br3NOS. The molecular weight excluding hydrogens is 482 g/mol. The van der Waals surface area contributed by atoms with Crippen LogP contribution < -0.4 is 10.1 Å². The van der Waals surface area contributed by atoms with Gasteiger partial charge in [0.15, 0.2) is 0 Å². The summed E-state index contributed by atoms with van der Waals surface area (Å²) in [4.78, 5) is 1.28. The van der Waals surface area contributed by atoms with Crippen LogP contribution in [0.15, 0.2) is 37.0 Å². The van der Waals surface area contributed by atoms with Crippen LogP contribution >= 0.6 is 59.1 Å². The lowest BCUT2D eigenvalue weighted by Crippen LogP contribution is -2.22. The van der Waals surface area contributed by atoms with E-state index in [-0.39, 0.29) is 6.04 Å². The van der Waals surface area contributed by atoms with E-state index >= 15 is 0 Å². The highest BCUT2D eigenvalue weighted by Gasteiger charge is 2.18. The standard InChI is InChI=1S/C15H16Br3NOS/c1-3-6-19-14(13-8-11(17)15(18)21-13)9-4-5-12(20-2)10(16)7-9/h4-5,7-8,14,19H,3,6H2,1-2H3. The third-order valence-corrected chi connectivity index (χ3v) is 7.00. The second-order valence-corrected chi connectivity index (χ2v) is 8.66. The summed E-state index contributed by atoms with van der Waals surface area (Å²) in [6, 6.07) is 8.57. The summed E-state index contributed by atoms with van der Waals surface area (Å²) in [6.07, 6.45) is 1.10. The van der Waals surface area contributed by atoms with Crippen LogP contribution in [-0.4, -0.2) is 13.7 Å². The average Bonchev–Trinajstić information content (AvgIpc) is 2.79. The number of hydrogen-bond donors (Lipinski definition) is 1. The van der Waals surface area contributed by atoms with Crippen molar-refractivity contribution in [2.24, 2.45) is 0 Å². The van der Waals surface area contributed by atoms with Gasteiger partial charge in [0.05, 0.1) is 21.4 Å². The fraction of sp³-hybridized carbons (Fsp3) is 0.333. The molecule has 1 atom stereocenters. The Balaban J connectivity index is 2.37. The quantitative estimate of drug-likeness (QED) is 0.518. The lowest BCUT2D eigenvalue weighted by atomic mass is 10.0. The molecule has 0 aliphatic rings. The topological polar surface area (TPSA) is 21.3 Å². The first-order valence-corrected chi connectivity index (χ1v) is 9.78. The van der Waals surface area contributed by atoms with Crippen LogP contribution in [0.4, 0.5) is 0 Å². The van der Waals surface area contributed by atoms with Gasteiger partial charge in [0.1, 0.15) is 5.75 Å². The normalized spacial score (nSPS) is 12.4. The summed E-state index contributed by atoms with van der Waals surface area (Å²) in [5.41, 5.74) is 1.22. The molecule has 0 saturated heterocycles. The van der Waals surface area contributed by atoms with Crippen molar-refractivity contribution in [1.82, 2.24) is 5.32 Å². The Hall–Kier alpha value is 0.120. The molecule has 0 bridgehead atoms. The predicted octanol–water partition coefficient (Wildman–Crippen LogP) is 6.13. The maximum absolute atomic E-state index is 5.31. The van der Waals surface area contributed by atoms with E-state index in [4.69, 9.17) is 4.74 Å². The van der Waals surface area contributed by atoms with E-state index in [9.17, 15) is 0 Å². The number of benzene rings is 1. The van der Waals surface area contributed by atoms with E-state index < -0.39 is 0 Å². The van der Waals surface area contributed by atoms with Gasteiger partial charge in [0.25, 0.3) is 0 Å². The van der Waals surface area contributed by atoms with Gasteiger partial charge in [-0.2, -0.15) is 0 Å². The number of hydrogen-bond acceptors (Lipinski definition) is 3. The SMILES string of the molecule is CCCNC(c1ccc(OC)c(Br)c1)c1cc(Br)c(Br)s1. The van der Waals surface area contributed by atoms with E-state index in [0.717, 1.165) is 31.4 Å². The minimum Gasteiger partial charge on any atom is -0.496 e. The summed E-state index contributed by atoms with van der Waals surface area (Å²) < 4.78 is 8.50. The maximum Gasteiger partial charge on any atom is 0.133 e. The Labute approximate surface area is 154 Å². The Morgan fingerprint density at radius 3 is 2.48 bits per heavy atom. The van der Waals surface area contributed by atoms with Gasteiger partial charge >= 0.3 is 0 Å². The zero-order chi connectivity index (χ0) is 15.4. The third kappa shape index (κ3) is 4.32. The predicted molar refractivity (Wildman–Crippen MR) is 101 cm³/mol.